The molecular formula is C15H19NO2S. The Morgan fingerprint density at radius 1 is 1.05 bits per heavy atom. The molecule has 3 nitrogen and oxygen atoms in total. The van der Waals surface area contributed by atoms with Crippen molar-refractivity contribution in [3.63, 3.8) is 0 Å². The molecule has 0 amide bonds. The molecule has 0 aliphatic rings. The summed E-state index contributed by atoms with van der Waals surface area (Å²) in [6, 6.07) is 5.90. The van der Waals surface area contributed by atoms with Crippen molar-refractivity contribution in [2.75, 3.05) is 14.2 Å². The van der Waals surface area contributed by atoms with Crippen LogP contribution in [0.3, 0.4) is 0 Å². The smallest absolute Gasteiger partial charge is 0.127 e. The van der Waals surface area contributed by atoms with Gasteiger partial charge >= 0.3 is 0 Å². The van der Waals surface area contributed by atoms with Gasteiger partial charge in [0.2, 0.25) is 0 Å². The lowest BCUT2D eigenvalue weighted by Gasteiger charge is -2.11. The minimum Gasteiger partial charge on any atom is -0.497 e. The van der Waals surface area contributed by atoms with Gasteiger partial charge in [-0.15, -0.1) is 0 Å². The minimum absolute atomic E-state index is 0.780. The van der Waals surface area contributed by atoms with E-state index in [0.717, 1.165) is 30.2 Å². The summed E-state index contributed by atoms with van der Waals surface area (Å²) in [6.07, 6.45) is 0. The number of thiophene rings is 1. The number of hydrogen-bond donors (Lipinski definition) is 1. The zero-order valence-corrected chi connectivity index (χ0v) is 12.3. The molecule has 2 aromatic rings. The molecule has 0 aliphatic heterocycles. The maximum Gasteiger partial charge on any atom is 0.127 e. The van der Waals surface area contributed by atoms with Gasteiger partial charge in [0, 0.05) is 24.7 Å². The van der Waals surface area contributed by atoms with Crippen molar-refractivity contribution in [3.8, 4) is 11.5 Å². The summed E-state index contributed by atoms with van der Waals surface area (Å²) < 4.78 is 10.6. The van der Waals surface area contributed by atoms with Crippen molar-refractivity contribution in [1.29, 1.82) is 0 Å². The van der Waals surface area contributed by atoms with Crippen molar-refractivity contribution in [1.82, 2.24) is 5.32 Å². The van der Waals surface area contributed by atoms with Gasteiger partial charge in [0.1, 0.15) is 11.5 Å². The van der Waals surface area contributed by atoms with Gasteiger partial charge in [-0.3, -0.25) is 0 Å². The van der Waals surface area contributed by atoms with Gasteiger partial charge in [-0.1, -0.05) is 6.07 Å². The predicted octanol–water partition coefficient (Wildman–Crippen LogP) is 3.36. The highest BCUT2D eigenvalue weighted by Crippen LogP contribution is 2.24. The van der Waals surface area contributed by atoms with Crippen LogP contribution in [0.1, 0.15) is 16.7 Å². The first kappa shape index (κ1) is 13.9. The summed E-state index contributed by atoms with van der Waals surface area (Å²) in [5.41, 5.74) is 3.84. The molecule has 0 spiro atoms. The molecule has 0 radical (unpaired) electrons. The summed E-state index contributed by atoms with van der Waals surface area (Å²) >= 11 is 1.74. The van der Waals surface area contributed by atoms with E-state index in [2.05, 4.69) is 23.0 Å². The summed E-state index contributed by atoms with van der Waals surface area (Å²) in [4.78, 5) is 0. The fraction of sp³-hybridized carbons (Fsp3) is 0.333. The standard InChI is InChI=1S/C15H19NO2S/c1-11-9-19-10-13(11)8-16-7-12-4-5-14(17-2)6-15(12)18-3/h4-6,9-10,16H,7-8H2,1-3H3. The molecule has 0 aliphatic carbocycles. The summed E-state index contributed by atoms with van der Waals surface area (Å²) in [7, 11) is 3.34. The van der Waals surface area contributed by atoms with E-state index in [9.17, 15) is 0 Å². The summed E-state index contributed by atoms with van der Waals surface area (Å²) in [5.74, 6) is 1.67. The molecule has 1 aromatic heterocycles. The van der Waals surface area contributed by atoms with Crippen LogP contribution < -0.4 is 14.8 Å². The van der Waals surface area contributed by atoms with Crippen LogP contribution in [-0.2, 0) is 13.1 Å². The van der Waals surface area contributed by atoms with E-state index in [1.165, 1.54) is 11.1 Å². The van der Waals surface area contributed by atoms with Crippen LogP contribution in [0.5, 0.6) is 11.5 Å². The Hall–Kier alpha value is -1.52. The molecule has 4 heteroatoms. The van der Waals surface area contributed by atoms with Crippen LogP contribution in [0.15, 0.2) is 29.0 Å². The molecule has 0 bridgehead atoms. The third kappa shape index (κ3) is 3.49. The van der Waals surface area contributed by atoms with Gasteiger partial charge in [0.25, 0.3) is 0 Å². The van der Waals surface area contributed by atoms with E-state index in [0.29, 0.717) is 0 Å². The lowest BCUT2D eigenvalue weighted by Crippen LogP contribution is -2.13. The molecule has 2 rings (SSSR count). The normalized spacial score (nSPS) is 10.5. The maximum absolute atomic E-state index is 5.38. The Kier molecular flexibility index (Phi) is 4.82. The third-order valence-electron chi connectivity index (χ3n) is 3.09. The number of ether oxygens (including phenoxy) is 2. The van der Waals surface area contributed by atoms with Crippen molar-refractivity contribution < 1.29 is 9.47 Å². The Labute approximate surface area is 118 Å². The minimum atomic E-state index is 0.780. The first-order valence-electron chi connectivity index (χ1n) is 6.18. The van der Waals surface area contributed by atoms with Crippen LogP contribution in [0.25, 0.3) is 0 Å². The Bertz CT molecular complexity index is 537. The van der Waals surface area contributed by atoms with E-state index in [1.807, 2.05) is 18.2 Å². The fourth-order valence-corrected chi connectivity index (χ4v) is 2.75. The third-order valence-corrected chi connectivity index (χ3v) is 4.00. The average molecular weight is 277 g/mol. The second-order valence-corrected chi connectivity index (χ2v) is 5.10. The second-order valence-electron chi connectivity index (χ2n) is 4.36. The van der Waals surface area contributed by atoms with Crippen LogP contribution in [0.4, 0.5) is 0 Å². The lowest BCUT2D eigenvalue weighted by molar-refractivity contribution is 0.390. The number of hydrogen-bond acceptors (Lipinski definition) is 4. The first-order valence-corrected chi connectivity index (χ1v) is 7.12. The molecule has 1 N–H and O–H groups in total. The molecule has 1 heterocycles. The molecule has 0 fully saturated rings. The summed E-state index contributed by atoms with van der Waals surface area (Å²) in [5, 5.41) is 7.80. The Morgan fingerprint density at radius 2 is 1.84 bits per heavy atom. The van der Waals surface area contributed by atoms with Crippen LogP contribution in [0, 0.1) is 6.92 Å². The average Bonchev–Trinajstić information content (AvgIpc) is 2.84. The largest absolute Gasteiger partial charge is 0.497 e. The SMILES string of the molecule is COc1ccc(CNCc2cscc2C)c(OC)c1. The van der Waals surface area contributed by atoms with Gasteiger partial charge in [-0.2, -0.15) is 11.3 Å². The van der Waals surface area contributed by atoms with Crippen LogP contribution in [0.2, 0.25) is 0 Å². The highest BCUT2D eigenvalue weighted by Gasteiger charge is 2.05. The monoisotopic (exact) mass is 277 g/mol. The van der Waals surface area contributed by atoms with E-state index in [1.54, 1.807) is 25.6 Å². The first-order chi connectivity index (χ1) is 9.24. The molecule has 19 heavy (non-hydrogen) atoms. The highest BCUT2D eigenvalue weighted by atomic mass is 32.1. The molecule has 0 atom stereocenters. The van der Waals surface area contributed by atoms with E-state index in [4.69, 9.17) is 9.47 Å². The van der Waals surface area contributed by atoms with Gasteiger partial charge in [-0.25, -0.2) is 0 Å². The molecule has 0 saturated heterocycles. The highest BCUT2D eigenvalue weighted by molar-refractivity contribution is 7.08. The molecule has 0 saturated carbocycles. The van der Waals surface area contributed by atoms with Crippen molar-refractivity contribution >= 4 is 11.3 Å². The number of rotatable bonds is 6. The molecule has 0 unspecified atom stereocenters. The zero-order valence-electron chi connectivity index (χ0n) is 11.5. The zero-order chi connectivity index (χ0) is 13.7. The van der Waals surface area contributed by atoms with Crippen molar-refractivity contribution in [3.05, 3.63) is 45.6 Å². The predicted molar refractivity (Wildman–Crippen MR) is 79.1 cm³/mol. The topological polar surface area (TPSA) is 30.5 Å². The summed E-state index contributed by atoms with van der Waals surface area (Å²) in [6.45, 7) is 3.80. The van der Waals surface area contributed by atoms with Gasteiger partial charge < -0.3 is 14.8 Å². The molecular weight excluding hydrogens is 258 g/mol. The van der Waals surface area contributed by atoms with E-state index >= 15 is 0 Å². The van der Waals surface area contributed by atoms with E-state index in [-0.39, 0.29) is 0 Å². The van der Waals surface area contributed by atoms with Crippen LogP contribution >= 0.6 is 11.3 Å². The van der Waals surface area contributed by atoms with Gasteiger partial charge in [-0.05, 0) is 34.9 Å². The number of benzene rings is 1. The number of nitrogens with one attached hydrogen (secondary N) is 1. The maximum atomic E-state index is 5.38. The quantitative estimate of drug-likeness (QED) is 0.878. The van der Waals surface area contributed by atoms with Crippen molar-refractivity contribution in [2.24, 2.45) is 0 Å². The number of aryl methyl sites for hydroxylation is 1. The number of methoxy groups -OCH3 is 2. The second kappa shape index (κ2) is 6.59. The van der Waals surface area contributed by atoms with E-state index < -0.39 is 0 Å². The Balaban J connectivity index is 1.97. The fourth-order valence-electron chi connectivity index (χ4n) is 1.90. The Morgan fingerprint density at radius 3 is 2.47 bits per heavy atom. The molecule has 1 aromatic carbocycles. The van der Waals surface area contributed by atoms with Crippen molar-refractivity contribution in [2.45, 2.75) is 20.0 Å². The van der Waals surface area contributed by atoms with Gasteiger partial charge in [0.05, 0.1) is 14.2 Å². The molecule has 102 valence electrons. The van der Waals surface area contributed by atoms with Gasteiger partial charge in [0.15, 0.2) is 0 Å². The van der Waals surface area contributed by atoms with Crippen LogP contribution in [-0.4, -0.2) is 14.2 Å². The lowest BCUT2D eigenvalue weighted by atomic mass is 10.1.